The molecule has 1 aromatic rings. The average Bonchev–Trinajstić information content (AvgIpc) is 3.27. The maximum Gasteiger partial charge on any atom is 0.227 e. The second-order valence-electron chi connectivity index (χ2n) is 7.34. The number of nitrogens with zero attached hydrogens (tertiary/aromatic N) is 4. The van der Waals surface area contributed by atoms with E-state index in [1.807, 2.05) is 6.07 Å². The van der Waals surface area contributed by atoms with Gasteiger partial charge in [0.1, 0.15) is 0 Å². The van der Waals surface area contributed by atoms with Crippen molar-refractivity contribution in [1.29, 1.82) is 0 Å². The molecule has 4 rings (SSSR count). The number of amides is 1. The first-order valence-electron chi connectivity index (χ1n) is 9.11. The van der Waals surface area contributed by atoms with E-state index >= 15 is 0 Å². The Bertz CT molecular complexity index is 545. The third kappa shape index (κ3) is 3.39. The van der Waals surface area contributed by atoms with Gasteiger partial charge in [-0.3, -0.25) is 4.79 Å². The molecule has 2 saturated heterocycles. The minimum absolute atomic E-state index is 0.0857. The molecular weight excluding hydrogens is 288 g/mol. The van der Waals surface area contributed by atoms with Gasteiger partial charge in [0.15, 0.2) is 5.82 Å². The van der Waals surface area contributed by atoms with E-state index < -0.39 is 0 Å². The summed E-state index contributed by atoms with van der Waals surface area (Å²) < 4.78 is 0. The van der Waals surface area contributed by atoms with E-state index in [-0.39, 0.29) is 12.0 Å². The summed E-state index contributed by atoms with van der Waals surface area (Å²) in [6.45, 7) is 4.19. The van der Waals surface area contributed by atoms with Crippen molar-refractivity contribution in [3.63, 3.8) is 0 Å². The molecular formula is C18H26N4O. The highest BCUT2D eigenvalue weighted by atomic mass is 16.2. The first-order valence-corrected chi connectivity index (χ1v) is 9.11. The average molecular weight is 314 g/mol. The predicted octanol–water partition coefficient (Wildman–Crippen LogP) is 2.26. The number of carbonyl (C=O) groups is 1. The fraction of sp³-hybridized carbons (Fsp3) is 0.722. The molecule has 124 valence electrons. The fourth-order valence-electron chi connectivity index (χ4n) is 4.10. The SMILES string of the molecule is O=C(C1CCCN(CC2CC2)C1)N1CCC[C@@H]1c1ncccn1. The molecule has 1 aromatic heterocycles. The van der Waals surface area contributed by atoms with Gasteiger partial charge in [-0.15, -0.1) is 0 Å². The zero-order valence-electron chi connectivity index (χ0n) is 13.7. The number of hydrogen-bond donors (Lipinski definition) is 0. The van der Waals surface area contributed by atoms with Crippen LogP contribution >= 0.6 is 0 Å². The Morgan fingerprint density at radius 2 is 1.87 bits per heavy atom. The highest BCUT2D eigenvalue weighted by Gasteiger charge is 2.37. The van der Waals surface area contributed by atoms with E-state index in [1.54, 1.807) is 12.4 Å². The number of hydrogen-bond acceptors (Lipinski definition) is 4. The Labute approximate surface area is 138 Å². The van der Waals surface area contributed by atoms with Gasteiger partial charge in [0.2, 0.25) is 5.91 Å². The number of piperidine rings is 1. The quantitative estimate of drug-likeness (QED) is 0.855. The molecule has 1 amide bonds. The van der Waals surface area contributed by atoms with Crippen molar-refractivity contribution >= 4 is 5.91 Å². The van der Waals surface area contributed by atoms with Crippen molar-refractivity contribution in [2.45, 2.75) is 44.6 Å². The predicted molar refractivity (Wildman–Crippen MR) is 87.6 cm³/mol. The minimum atomic E-state index is 0.0857. The third-order valence-electron chi connectivity index (χ3n) is 5.49. The van der Waals surface area contributed by atoms with Crippen molar-refractivity contribution in [3.05, 3.63) is 24.3 Å². The van der Waals surface area contributed by atoms with Crippen molar-refractivity contribution < 1.29 is 4.79 Å². The highest BCUT2D eigenvalue weighted by Crippen LogP contribution is 2.34. The Balaban J connectivity index is 1.42. The van der Waals surface area contributed by atoms with Crippen LogP contribution in [0.2, 0.25) is 0 Å². The van der Waals surface area contributed by atoms with Gasteiger partial charge in [-0.05, 0) is 57.1 Å². The van der Waals surface area contributed by atoms with Crippen LogP contribution in [0.4, 0.5) is 0 Å². The number of rotatable bonds is 4. The highest BCUT2D eigenvalue weighted by molar-refractivity contribution is 5.80. The summed E-state index contributed by atoms with van der Waals surface area (Å²) in [6, 6.07) is 1.92. The first-order chi connectivity index (χ1) is 11.3. The molecule has 23 heavy (non-hydrogen) atoms. The monoisotopic (exact) mass is 314 g/mol. The van der Waals surface area contributed by atoms with Gasteiger partial charge in [-0.2, -0.15) is 0 Å². The molecule has 1 unspecified atom stereocenters. The largest absolute Gasteiger partial charge is 0.332 e. The smallest absolute Gasteiger partial charge is 0.227 e. The zero-order chi connectivity index (χ0) is 15.6. The molecule has 2 atom stereocenters. The summed E-state index contributed by atoms with van der Waals surface area (Å²) in [4.78, 5) is 26.4. The van der Waals surface area contributed by atoms with Crippen LogP contribution in [-0.4, -0.2) is 51.9 Å². The van der Waals surface area contributed by atoms with Crippen molar-refractivity contribution in [3.8, 4) is 0 Å². The van der Waals surface area contributed by atoms with Crippen LogP contribution in [0.15, 0.2) is 18.5 Å². The molecule has 3 aliphatic rings. The Morgan fingerprint density at radius 3 is 2.65 bits per heavy atom. The van der Waals surface area contributed by atoms with Gasteiger partial charge in [0, 0.05) is 32.0 Å². The third-order valence-corrected chi connectivity index (χ3v) is 5.49. The van der Waals surface area contributed by atoms with Crippen LogP contribution in [0, 0.1) is 11.8 Å². The van der Waals surface area contributed by atoms with Crippen molar-refractivity contribution in [2.24, 2.45) is 11.8 Å². The van der Waals surface area contributed by atoms with Gasteiger partial charge in [-0.25, -0.2) is 9.97 Å². The van der Waals surface area contributed by atoms with Crippen LogP contribution in [0.25, 0.3) is 0 Å². The van der Waals surface area contributed by atoms with Gasteiger partial charge in [0.05, 0.1) is 12.0 Å². The molecule has 3 fully saturated rings. The van der Waals surface area contributed by atoms with E-state index in [1.165, 1.54) is 25.9 Å². The molecule has 0 bridgehead atoms. The van der Waals surface area contributed by atoms with Crippen molar-refractivity contribution in [1.82, 2.24) is 19.8 Å². The van der Waals surface area contributed by atoms with E-state index in [0.29, 0.717) is 5.91 Å². The summed E-state index contributed by atoms with van der Waals surface area (Å²) in [5, 5.41) is 0. The molecule has 5 heteroatoms. The Hall–Kier alpha value is -1.49. The zero-order valence-corrected chi connectivity index (χ0v) is 13.7. The van der Waals surface area contributed by atoms with Crippen LogP contribution in [0.1, 0.15) is 50.4 Å². The van der Waals surface area contributed by atoms with Crippen LogP contribution in [0.5, 0.6) is 0 Å². The standard InChI is InChI=1S/C18H26N4O/c23-18(15-4-1-10-21(13-15)12-14-6-7-14)22-11-2-5-16(22)17-19-8-3-9-20-17/h3,8-9,14-16H,1-2,4-7,10-13H2/t15?,16-/m1/s1. The van der Waals surface area contributed by atoms with Gasteiger partial charge >= 0.3 is 0 Å². The van der Waals surface area contributed by atoms with E-state index in [2.05, 4.69) is 19.8 Å². The molecule has 1 aliphatic carbocycles. The minimum Gasteiger partial charge on any atom is -0.332 e. The molecule has 1 saturated carbocycles. The second-order valence-corrected chi connectivity index (χ2v) is 7.34. The second kappa shape index (κ2) is 6.56. The lowest BCUT2D eigenvalue weighted by Crippen LogP contribution is -2.45. The number of aromatic nitrogens is 2. The summed E-state index contributed by atoms with van der Waals surface area (Å²) >= 11 is 0. The summed E-state index contributed by atoms with van der Waals surface area (Å²) in [5.74, 6) is 2.22. The molecule has 0 spiro atoms. The molecule has 3 heterocycles. The van der Waals surface area contributed by atoms with E-state index in [9.17, 15) is 4.79 Å². The topological polar surface area (TPSA) is 49.3 Å². The summed E-state index contributed by atoms with van der Waals surface area (Å²) in [7, 11) is 0. The van der Waals surface area contributed by atoms with Gasteiger partial charge < -0.3 is 9.80 Å². The van der Waals surface area contributed by atoms with Gasteiger partial charge in [0.25, 0.3) is 0 Å². The van der Waals surface area contributed by atoms with Crippen LogP contribution in [-0.2, 0) is 4.79 Å². The number of carbonyl (C=O) groups excluding carboxylic acids is 1. The fourth-order valence-corrected chi connectivity index (χ4v) is 4.10. The first kappa shape index (κ1) is 15.1. The van der Waals surface area contributed by atoms with Crippen LogP contribution in [0.3, 0.4) is 0 Å². The summed E-state index contributed by atoms with van der Waals surface area (Å²) in [5.41, 5.74) is 0. The molecule has 0 N–H and O–H groups in total. The Morgan fingerprint density at radius 1 is 1.09 bits per heavy atom. The molecule has 0 aromatic carbocycles. The molecule has 5 nitrogen and oxygen atoms in total. The Kier molecular flexibility index (Phi) is 4.29. The summed E-state index contributed by atoms with van der Waals surface area (Å²) in [6.07, 6.45) is 10.6. The molecule has 0 radical (unpaired) electrons. The van der Waals surface area contributed by atoms with E-state index in [4.69, 9.17) is 0 Å². The maximum absolute atomic E-state index is 13.1. The van der Waals surface area contributed by atoms with Crippen LogP contribution < -0.4 is 0 Å². The lowest BCUT2D eigenvalue weighted by molar-refractivity contribution is -0.138. The molecule has 2 aliphatic heterocycles. The lowest BCUT2D eigenvalue weighted by Gasteiger charge is -2.35. The normalized spacial score (nSPS) is 29.0. The van der Waals surface area contributed by atoms with E-state index in [0.717, 1.165) is 50.5 Å². The maximum atomic E-state index is 13.1. The van der Waals surface area contributed by atoms with Crippen molar-refractivity contribution in [2.75, 3.05) is 26.2 Å². The number of likely N-dealkylation sites (tertiary alicyclic amines) is 2. The van der Waals surface area contributed by atoms with Gasteiger partial charge in [-0.1, -0.05) is 0 Å². The lowest BCUT2D eigenvalue weighted by atomic mass is 9.96.